The van der Waals surface area contributed by atoms with Gasteiger partial charge in [-0.25, -0.2) is 9.13 Å². The Hall–Kier alpha value is -2.88. The molecule has 0 saturated heterocycles. The third-order valence-corrected chi connectivity index (χ3v) is 6.61. The van der Waals surface area contributed by atoms with Crippen LogP contribution in [0, 0.1) is 13.8 Å². The van der Waals surface area contributed by atoms with Crippen LogP contribution in [-0.2, 0) is 23.9 Å². The molecule has 1 heterocycles. The van der Waals surface area contributed by atoms with E-state index < -0.39 is 0 Å². The topological polar surface area (TPSA) is 35.3 Å². The van der Waals surface area contributed by atoms with Crippen LogP contribution in [0.3, 0.4) is 0 Å². The second-order valence-electron chi connectivity index (χ2n) is 11.1. The van der Waals surface area contributed by atoms with Gasteiger partial charge in [0, 0.05) is 19.7 Å². The summed E-state index contributed by atoms with van der Waals surface area (Å²) in [5.41, 5.74) is 7.17. The fourth-order valence-corrected chi connectivity index (χ4v) is 4.31. The molecule has 0 bridgehead atoms. The van der Waals surface area contributed by atoms with Crippen molar-refractivity contribution in [3.63, 3.8) is 0 Å². The van der Waals surface area contributed by atoms with Crippen LogP contribution in [0.25, 0.3) is 5.32 Å². The van der Waals surface area contributed by atoms with Crippen molar-refractivity contribution < 1.29 is 4.57 Å². The smallest absolute Gasteiger partial charge is 0.281 e. The summed E-state index contributed by atoms with van der Waals surface area (Å²) >= 11 is 0. The van der Waals surface area contributed by atoms with E-state index in [1.807, 2.05) is 0 Å². The minimum Gasteiger partial charge on any atom is -0.429 e. The zero-order valence-corrected chi connectivity index (χ0v) is 22.8. The SMILES string of the molecule is CCn1c(C)c(C)[n+](CC)c1C(=Nc1ccc(C(C)(C)C)cc1)[N-]c1ccc(C(C)(C)C)cc1. The zero-order valence-electron chi connectivity index (χ0n) is 22.8. The van der Waals surface area contributed by atoms with Crippen molar-refractivity contribution in [1.29, 1.82) is 0 Å². The van der Waals surface area contributed by atoms with Gasteiger partial charge in [0.2, 0.25) is 0 Å². The number of benzene rings is 2. The van der Waals surface area contributed by atoms with Gasteiger partial charge in [0.15, 0.2) is 0 Å². The number of amidine groups is 1. The third kappa shape index (κ3) is 5.43. The summed E-state index contributed by atoms with van der Waals surface area (Å²) in [5, 5.41) is 5.10. The monoisotopic (exact) mass is 458 g/mol. The number of rotatable bonds is 5. The lowest BCUT2D eigenvalue weighted by Crippen LogP contribution is -2.41. The molecule has 0 aliphatic rings. The Kier molecular flexibility index (Phi) is 7.40. The minimum atomic E-state index is 0.112. The van der Waals surface area contributed by atoms with E-state index in [1.165, 1.54) is 22.5 Å². The van der Waals surface area contributed by atoms with Gasteiger partial charge in [0.1, 0.15) is 11.4 Å². The normalized spacial score (nSPS) is 12.8. The van der Waals surface area contributed by atoms with Crippen molar-refractivity contribution in [3.05, 3.63) is 82.2 Å². The Morgan fingerprint density at radius 1 is 0.824 bits per heavy atom. The van der Waals surface area contributed by atoms with E-state index in [9.17, 15) is 0 Å². The van der Waals surface area contributed by atoms with Crippen LogP contribution in [-0.4, -0.2) is 10.4 Å². The molecule has 1 aromatic heterocycles. The average molecular weight is 459 g/mol. The maximum absolute atomic E-state index is 5.10. The summed E-state index contributed by atoms with van der Waals surface area (Å²) < 4.78 is 4.66. The first-order valence-corrected chi connectivity index (χ1v) is 12.5. The van der Waals surface area contributed by atoms with E-state index in [1.54, 1.807) is 0 Å². The van der Waals surface area contributed by atoms with Gasteiger partial charge in [-0.05, 0) is 47.2 Å². The molecule has 2 aromatic carbocycles. The molecule has 3 aromatic rings. The molecule has 0 saturated carbocycles. The van der Waals surface area contributed by atoms with Crippen LogP contribution in [0.5, 0.6) is 0 Å². The number of hydrogen-bond donors (Lipinski definition) is 0. The molecule has 4 heteroatoms. The van der Waals surface area contributed by atoms with E-state index in [4.69, 9.17) is 10.3 Å². The Morgan fingerprint density at radius 3 is 1.76 bits per heavy atom. The summed E-state index contributed by atoms with van der Waals surface area (Å²) in [5.74, 6) is 1.80. The summed E-state index contributed by atoms with van der Waals surface area (Å²) in [6, 6.07) is 17.1. The van der Waals surface area contributed by atoms with Crippen molar-refractivity contribution in [2.24, 2.45) is 4.99 Å². The molecule has 0 fully saturated rings. The van der Waals surface area contributed by atoms with Crippen LogP contribution in [0.15, 0.2) is 53.5 Å². The quantitative estimate of drug-likeness (QED) is 0.212. The molecule has 0 aliphatic carbocycles. The summed E-state index contributed by atoms with van der Waals surface area (Å²) in [7, 11) is 0. The number of nitrogens with zero attached hydrogens (tertiary/aromatic N) is 4. The summed E-state index contributed by atoms with van der Waals surface area (Å²) in [4.78, 5) is 5.10. The molecule has 34 heavy (non-hydrogen) atoms. The first-order chi connectivity index (χ1) is 15.9. The highest BCUT2D eigenvalue weighted by molar-refractivity contribution is 6.11. The second kappa shape index (κ2) is 9.77. The fraction of sp³-hybridized carbons (Fsp3) is 0.467. The van der Waals surface area contributed by atoms with Crippen molar-refractivity contribution >= 4 is 17.2 Å². The lowest BCUT2D eigenvalue weighted by atomic mass is 9.87. The highest BCUT2D eigenvalue weighted by Crippen LogP contribution is 2.30. The van der Waals surface area contributed by atoms with Crippen LogP contribution in [0.2, 0.25) is 0 Å². The number of hydrogen-bond acceptors (Lipinski definition) is 1. The average Bonchev–Trinajstić information content (AvgIpc) is 3.02. The molecule has 182 valence electrons. The molecule has 3 rings (SSSR count). The molecule has 0 unspecified atom stereocenters. The lowest BCUT2D eigenvalue weighted by molar-refractivity contribution is -0.700. The molecular weight excluding hydrogens is 416 g/mol. The second-order valence-corrected chi connectivity index (χ2v) is 11.1. The van der Waals surface area contributed by atoms with Gasteiger partial charge < -0.3 is 10.3 Å². The van der Waals surface area contributed by atoms with Crippen LogP contribution >= 0.6 is 0 Å². The van der Waals surface area contributed by atoms with E-state index >= 15 is 0 Å². The predicted octanol–water partition coefficient (Wildman–Crippen LogP) is 7.81. The molecule has 0 radical (unpaired) electrons. The summed E-state index contributed by atoms with van der Waals surface area (Å²) in [6.45, 7) is 23.9. The highest BCUT2D eigenvalue weighted by atomic mass is 15.2. The Bertz CT molecular complexity index is 1120. The maximum Gasteiger partial charge on any atom is 0.281 e. The van der Waals surface area contributed by atoms with Gasteiger partial charge in [0.05, 0.1) is 13.1 Å². The van der Waals surface area contributed by atoms with Crippen molar-refractivity contribution in [1.82, 2.24) is 4.57 Å². The Balaban J connectivity index is 2.13. The van der Waals surface area contributed by atoms with Gasteiger partial charge in [-0.15, -0.1) is 0 Å². The van der Waals surface area contributed by atoms with E-state index in [-0.39, 0.29) is 10.8 Å². The molecule has 0 N–H and O–H groups in total. The Morgan fingerprint density at radius 2 is 1.32 bits per heavy atom. The fourth-order valence-electron chi connectivity index (χ4n) is 4.31. The largest absolute Gasteiger partial charge is 0.429 e. The van der Waals surface area contributed by atoms with Crippen molar-refractivity contribution in [2.45, 2.75) is 93.2 Å². The minimum absolute atomic E-state index is 0.112. The molecule has 4 nitrogen and oxygen atoms in total. The first kappa shape index (κ1) is 25.7. The number of aliphatic imine (C=N–C) groups is 1. The highest BCUT2D eigenvalue weighted by Gasteiger charge is 2.25. The van der Waals surface area contributed by atoms with Gasteiger partial charge in [-0.1, -0.05) is 90.1 Å². The van der Waals surface area contributed by atoms with Crippen LogP contribution in [0.4, 0.5) is 11.4 Å². The molecular formula is C30H42N4. The molecule has 0 amide bonds. The first-order valence-electron chi connectivity index (χ1n) is 12.5. The maximum atomic E-state index is 5.10. The lowest BCUT2D eigenvalue weighted by Gasteiger charge is -2.23. The van der Waals surface area contributed by atoms with Crippen LogP contribution < -0.4 is 4.57 Å². The molecule has 0 aliphatic heterocycles. The van der Waals surface area contributed by atoms with Gasteiger partial charge in [0.25, 0.3) is 5.82 Å². The van der Waals surface area contributed by atoms with Crippen molar-refractivity contribution in [2.75, 3.05) is 0 Å². The Labute approximate surface area is 206 Å². The van der Waals surface area contributed by atoms with Crippen molar-refractivity contribution in [3.8, 4) is 0 Å². The molecule has 0 spiro atoms. The third-order valence-electron chi connectivity index (χ3n) is 6.61. The van der Waals surface area contributed by atoms with Gasteiger partial charge >= 0.3 is 0 Å². The zero-order chi connectivity index (χ0) is 25.3. The molecule has 0 atom stereocenters. The van der Waals surface area contributed by atoms with E-state index in [0.29, 0.717) is 0 Å². The number of imidazole rings is 1. The predicted molar refractivity (Wildman–Crippen MR) is 145 cm³/mol. The van der Waals surface area contributed by atoms with Gasteiger partial charge in [-0.2, -0.15) is 0 Å². The van der Waals surface area contributed by atoms with E-state index in [2.05, 4.69) is 127 Å². The van der Waals surface area contributed by atoms with Gasteiger partial charge in [-0.3, -0.25) is 0 Å². The number of aromatic nitrogens is 2. The van der Waals surface area contributed by atoms with Crippen LogP contribution in [0.1, 0.15) is 83.7 Å². The van der Waals surface area contributed by atoms with E-state index in [0.717, 1.165) is 36.1 Å². The summed E-state index contributed by atoms with van der Waals surface area (Å²) in [6.07, 6.45) is 0. The standard InChI is InChI=1S/C30H42N4/c1-11-33-21(3)22(4)34(12-2)28(33)27(31-25-17-13-23(14-18-25)29(5,6)7)32-26-19-15-24(16-20-26)30(8,9)10/h13-20H,11-12H2,1-10H3.